The van der Waals surface area contributed by atoms with Crippen molar-refractivity contribution in [1.29, 1.82) is 0 Å². The molecule has 0 saturated carbocycles. The van der Waals surface area contributed by atoms with Gasteiger partial charge >= 0.3 is 0 Å². The Kier molecular flexibility index (Phi) is 4.50. The van der Waals surface area contributed by atoms with E-state index in [2.05, 4.69) is 21.2 Å². The summed E-state index contributed by atoms with van der Waals surface area (Å²) < 4.78 is 19.9. The summed E-state index contributed by atoms with van der Waals surface area (Å²) in [6, 6.07) is 14.7. The highest BCUT2D eigenvalue weighted by molar-refractivity contribution is 9.10. The summed E-state index contributed by atoms with van der Waals surface area (Å²) in [4.78, 5) is 12.2. The Morgan fingerprint density at radius 3 is 2.70 bits per heavy atom. The molecule has 3 aromatic rings. The number of rotatable bonds is 3. The van der Waals surface area contributed by atoms with Crippen LogP contribution in [0.3, 0.4) is 0 Å². The van der Waals surface area contributed by atoms with E-state index in [4.69, 9.17) is 16.0 Å². The lowest BCUT2D eigenvalue weighted by Gasteiger charge is -2.05. The molecule has 116 valence electrons. The Bertz CT molecular complexity index is 879. The fourth-order valence-electron chi connectivity index (χ4n) is 2.03. The van der Waals surface area contributed by atoms with E-state index in [-0.39, 0.29) is 11.4 Å². The molecule has 0 radical (unpaired) electrons. The van der Waals surface area contributed by atoms with Crippen molar-refractivity contribution in [1.82, 2.24) is 0 Å². The van der Waals surface area contributed by atoms with Crippen LogP contribution in [0.4, 0.5) is 10.1 Å². The number of nitrogens with one attached hydrogen (secondary N) is 1. The van der Waals surface area contributed by atoms with Gasteiger partial charge in [-0.25, -0.2) is 4.39 Å². The zero-order valence-electron chi connectivity index (χ0n) is 11.6. The molecular weight excluding hydrogens is 385 g/mol. The van der Waals surface area contributed by atoms with E-state index >= 15 is 0 Å². The number of carbonyl (C=O) groups is 1. The Morgan fingerprint density at radius 1 is 1.13 bits per heavy atom. The normalized spacial score (nSPS) is 10.6. The van der Waals surface area contributed by atoms with E-state index in [9.17, 15) is 9.18 Å². The maximum absolute atomic E-state index is 13.8. The second-order valence-corrected chi connectivity index (χ2v) is 6.10. The molecule has 3 rings (SSSR count). The number of hydrogen-bond acceptors (Lipinski definition) is 2. The van der Waals surface area contributed by atoms with Crippen LogP contribution in [0.1, 0.15) is 10.6 Å². The maximum Gasteiger partial charge on any atom is 0.291 e. The van der Waals surface area contributed by atoms with Gasteiger partial charge in [0.1, 0.15) is 11.6 Å². The van der Waals surface area contributed by atoms with Gasteiger partial charge in [0.25, 0.3) is 5.91 Å². The summed E-state index contributed by atoms with van der Waals surface area (Å²) in [5.41, 5.74) is 0.838. The van der Waals surface area contributed by atoms with Crippen molar-refractivity contribution in [2.45, 2.75) is 0 Å². The molecule has 0 aliphatic carbocycles. The van der Waals surface area contributed by atoms with E-state index in [1.807, 2.05) is 6.07 Å². The van der Waals surface area contributed by atoms with Crippen molar-refractivity contribution in [2.75, 3.05) is 5.32 Å². The molecule has 0 bridgehead atoms. The lowest BCUT2D eigenvalue weighted by Crippen LogP contribution is -2.12. The quantitative estimate of drug-likeness (QED) is 0.614. The molecule has 1 aromatic heterocycles. The molecule has 23 heavy (non-hydrogen) atoms. The molecule has 2 aromatic carbocycles. The monoisotopic (exact) mass is 393 g/mol. The van der Waals surface area contributed by atoms with Crippen molar-refractivity contribution in [3.05, 3.63) is 75.7 Å². The van der Waals surface area contributed by atoms with Gasteiger partial charge in [0.15, 0.2) is 5.76 Å². The van der Waals surface area contributed by atoms with Crippen LogP contribution in [0, 0.1) is 5.82 Å². The molecule has 0 aliphatic rings. The van der Waals surface area contributed by atoms with E-state index in [1.165, 1.54) is 18.2 Å². The van der Waals surface area contributed by atoms with Crippen LogP contribution in [0.5, 0.6) is 0 Å². The van der Waals surface area contributed by atoms with Gasteiger partial charge in [0.05, 0.1) is 5.69 Å². The van der Waals surface area contributed by atoms with Gasteiger partial charge in [-0.1, -0.05) is 39.7 Å². The third kappa shape index (κ3) is 3.63. The summed E-state index contributed by atoms with van der Waals surface area (Å²) in [6.07, 6.45) is 0. The molecule has 0 atom stereocenters. The number of amides is 1. The van der Waals surface area contributed by atoms with E-state index < -0.39 is 11.7 Å². The minimum atomic E-state index is -0.533. The topological polar surface area (TPSA) is 42.2 Å². The van der Waals surface area contributed by atoms with Crippen molar-refractivity contribution >= 4 is 39.1 Å². The van der Waals surface area contributed by atoms with Crippen molar-refractivity contribution in [2.24, 2.45) is 0 Å². The average molecular weight is 395 g/mol. The fourth-order valence-corrected chi connectivity index (χ4v) is 2.56. The molecule has 1 amide bonds. The highest BCUT2D eigenvalue weighted by atomic mass is 79.9. The largest absolute Gasteiger partial charge is 0.451 e. The van der Waals surface area contributed by atoms with Crippen molar-refractivity contribution in [3.8, 4) is 11.3 Å². The molecule has 0 spiro atoms. The molecular formula is C17H10BrClFNO2. The van der Waals surface area contributed by atoms with Gasteiger partial charge in [-0.2, -0.15) is 0 Å². The van der Waals surface area contributed by atoms with Crippen LogP contribution in [0.25, 0.3) is 11.3 Å². The number of benzene rings is 2. The first kappa shape index (κ1) is 15.8. The summed E-state index contributed by atoms with van der Waals surface area (Å²) in [5.74, 6) is -0.468. The van der Waals surface area contributed by atoms with Gasteiger partial charge in [0, 0.05) is 15.1 Å². The molecule has 0 saturated heterocycles. The molecule has 1 N–H and O–H groups in total. The third-order valence-electron chi connectivity index (χ3n) is 3.12. The van der Waals surface area contributed by atoms with E-state index in [0.29, 0.717) is 15.3 Å². The van der Waals surface area contributed by atoms with Crippen molar-refractivity contribution < 1.29 is 13.6 Å². The van der Waals surface area contributed by atoms with Gasteiger partial charge in [0.2, 0.25) is 0 Å². The Labute approximate surface area is 145 Å². The van der Waals surface area contributed by atoms with Crippen LogP contribution >= 0.6 is 27.5 Å². The molecule has 3 nitrogen and oxygen atoms in total. The van der Waals surface area contributed by atoms with Crippen LogP contribution in [-0.4, -0.2) is 5.91 Å². The lowest BCUT2D eigenvalue weighted by molar-refractivity contribution is 0.0997. The summed E-state index contributed by atoms with van der Waals surface area (Å²) in [7, 11) is 0. The van der Waals surface area contributed by atoms with Gasteiger partial charge < -0.3 is 9.73 Å². The van der Waals surface area contributed by atoms with Crippen LogP contribution < -0.4 is 5.32 Å². The molecule has 1 heterocycles. The minimum Gasteiger partial charge on any atom is -0.451 e. The lowest BCUT2D eigenvalue weighted by atomic mass is 10.2. The van der Waals surface area contributed by atoms with Crippen molar-refractivity contribution in [3.63, 3.8) is 0 Å². The SMILES string of the molecule is O=C(Nc1ccc(Br)cc1F)c1ccc(-c2cccc(Cl)c2)o1. The first-order valence-corrected chi connectivity index (χ1v) is 7.82. The Hall–Kier alpha value is -2.11. The molecule has 0 unspecified atom stereocenters. The molecule has 0 aliphatic heterocycles. The number of halogens is 3. The third-order valence-corrected chi connectivity index (χ3v) is 3.85. The first-order valence-electron chi connectivity index (χ1n) is 6.65. The number of anilines is 1. The standard InChI is InChI=1S/C17H10BrClFNO2/c18-11-4-5-14(13(20)9-11)21-17(22)16-7-6-15(23-16)10-2-1-3-12(19)8-10/h1-9H,(H,21,22). The summed E-state index contributed by atoms with van der Waals surface area (Å²) in [6.45, 7) is 0. The highest BCUT2D eigenvalue weighted by Crippen LogP contribution is 2.26. The van der Waals surface area contributed by atoms with E-state index in [1.54, 1.807) is 30.3 Å². The zero-order valence-corrected chi connectivity index (χ0v) is 14.0. The smallest absolute Gasteiger partial charge is 0.291 e. The Balaban J connectivity index is 1.81. The maximum atomic E-state index is 13.8. The summed E-state index contributed by atoms with van der Waals surface area (Å²) >= 11 is 9.10. The van der Waals surface area contributed by atoms with Crippen LogP contribution in [0.2, 0.25) is 5.02 Å². The number of hydrogen-bond donors (Lipinski definition) is 1. The van der Waals surface area contributed by atoms with Gasteiger partial charge in [-0.05, 0) is 42.5 Å². The van der Waals surface area contributed by atoms with Crippen LogP contribution in [0.15, 0.2) is 63.5 Å². The second-order valence-electron chi connectivity index (χ2n) is 4.75. The fraction of sp³-hybridized carbons (Fsp3) is 0. The molecule has 6 heteroatoms. The highest BCUT2D eigenvalue weighted by Gasteiger charge is 2.14. The number of carbonyl (C=O) groups excluding carboxylic acids is 1. The number of furan rings is 1. The second kappa shape index (κ2) is 6.56. The summed E-state index contributed by atoms with van der Waals surface area (Å²) in [5, 5.41) is 3.05. The molecule has 0 fully saturated rings. The van der Waals surface area contributed by atoms with Crippen LogP contribution in [-0.2, 0) is 0 Å². The van der Waals surface area contributed by atoms with Gasteiger partial charge in [-0.3, -0.25) is 4.79 Å². The predicted molar refractivity (Wildman–Crippen MR) is 91.2 cm³/mol. The van der Waals surface area contributed by atoms with Gasteiger partial charge in [-0.15, -0.1) is 0 Å². The predicted octanol–water partition coefficient (Wildman–Crippen LogP) is 5.75. The van der Waals surface area contributed by atoms with E-state index in [0.717, 1.165) is 5.56 Å². The first-order chi connectivity index (χ1) is 11.0. The average Bonchev–Trinajstić information content (AvgIpc) is 3.00. The zero-order chi connectivity index (χ0) is 16.4. The Morgan fingerprint density at radius 2 is 1.96 bits per heavy atom. The minimum absolute atomic E-state index is 0.0823.